The Balaban J connectivity index is 1.53. The van der Waals surface area contributed by atoms with Gasteiger partial charge < -0.3 is 4.74 Å². The molecule has 0 N–H and O–H groups in total. The molecule has 7 heteroatoms. The molecular weight excluding hydrogens is 430 g/mol. The van der Waals surface area contributed by atoms with Gasteiger partial charge in [-0.15, -0.1) is 0 Å². The Morgan fingerprint density at radius 3 is 2.09 bits per heavy atom. The number of amides is 2. The second kappa shape index (κ2) is 8.40. The average Bonchev–Trinajstić information content (AvgIpc) is 3.04. The molecule has 3 aromatic rings. The number of fused-ring (bicyclic) bond motifs is 1. The lowest BCUT2D eigenvalue weighted by atomic mass is 10.0. The topological polar surface area (TPSA) is 80.8 Å². The number of halogens is 1. The molecule has 1 heterocycles. The number of hydrogen-bond acceptors (Lipinski definition) is 5. The first-order valence-corrected chi connectivity index (χ1v) is 10.2. The molecule has 1 aliphatic heterocycles. The van der Waals surface area contributed by atoms with Crippen LogP contribution in [0.4, 0.5) is 5.69 Å². The van der Waals surface area contributed by atoms with Crippen LogP contribution in [0.5, 0.6) is 0 Å². The summed E-state index contributed by atoms with van der Waals surface area (Å²) in [5, 5.41) is 0.477. The van der Waals surface area contributed by atoms with Gasteiger partial charge in [0, 0.05) is 10.6 Å². The van der Waals surface area contributed by atoms with E-state index in [0.29, 0.717) is 16.3 Å². The molecule has 0 saturated heterocycles. The van der Waals surface area contributed by atoms with Crippen LogP contribution in [-0.2, 0) is 4.74 Å². The number of ether oxygens (including phenoxy) is 1. The third kappa shape index (κ3) is 3.92. The number of aryl methyl sites for hydroxylation is 1. The number of rotatable bonds is 5. The van der Waals surface area contributed by atoms with Crippen molar-refractivity contribution in [2.24, 2.45) is 0 Å². The summed E-state index contributed by atoms with van der Waals surface area (Å²) in [5.41, 5.74) is 2.18. The SMILES string of the molecule is Cc1ccc(C(=O)C(C)OC(=O)c2ccc3c(c2)C(=O)N(c2ccc(Cl)cc2)C3=O)cc1. The van der Waals surface area contributed by atoms with Crippen LogP contribution in [0.2, 0.25) is 5.02 Å². The highest BCUT2D eigenvalue weighted by atomic mass is 35.5. The highest BCUT2D eigenvalue weighted by Crippen LogP contribution is 2.30. The predicted octanol–water partition coefficient (Wildman–Crippen LogP) is 4.88. The van der Waals surface area contributed by atoms with E-state index < -0.39 is 23.9 Å². The molecule has 4 rings (SSSR count). The third-order valence-electron chi connectivity index (χ3n) is 5.20. The molecule has 0 radical (unpaired) electrons. The van der Waals surface area contributed by atoms with E-state index in [-0.39, 0.29) is 22.5 Å². The number of esters is 1. The van der Waals surface area contributed by atoms with Gasteiger partial charge in [-0.05, 0) is 56.3 Å². The number of benzene rings is 3. The highest BCUT2D eigenvalue weighted by molar-refractivity contribution is 6.35. The van der Waals surface area contributed by atoms with Crippen molar-refractivity contribution in [1.29, 1.82) is 0 Å². The first-order chi connectivity index (χ1) is 15.3. The summed E-state index contributed by atoms with van der Waals surface area (Å²) < 4.78 is 5.32. The minimum atomic E-state index is -1.01. The zero-order valence-corrected chi connectivity index (χ0v) is 18.1. The molecule has 160 valence electrons. The van der Waals surface area contributed by atoms with E-state index in [4.69, 9.17) is 16.3 Å². The lowest BCUT2D eigenvalue weighted by Gasteiger charge is -2.13. The maximum Gasteiger partial charge on any atom is 0.338 e. The molecule has 0 fully saturated rings. The van der Waals surface area contributed by atoms with Gasteiger partial charge in [-0.3, -0.25) is 14.4 Å². The van der Waals surface area contributed by atoms with E-state index in [2.05, 4.69) is 0 Å². The fourth-order valence-electron chi connectivity index (χ4n) is 3.43. The molecular formula is C25H18ClNO5. The molecule has 1 atom stereocenters. The number of Topliss-reactive ketones (excluding diaryl/α,β-unsaturated/α-hetero) is 1. The standard InChI is InChI=1S/C25H18ClNO5/c1-14-3-5-16(6-4-14)22(28)15(2)32-25(31)17-7-12-20-21(13-17)24(30)27(23(20)29)19-10-8-18(26)9-11-19/h3-13,15H,1-2H3. The molecule has 0 aliphatic carbocycles. The molecule has 1 aliphatic rings. The second-order valence-electron chi connectivity index (χ2n) is 7.46. The Labute approximate surface area is 189 Å². The van der Waals surface area contributed by atoms with Gasteiger partial charge in [-0.1, -0.05) is 41.4 Å². The Kier molecular flexibility index (Phi) is 5.63. The fraction of sp³-hybridized carbons (Fsp3) is 0.120. The van der Waals surface area contributed by atoms with Crippen molar-refractivity contribution in [2.45, 2.75) is 20.0 Å². The summed E-state index contributed by atoms with van der Waals surface area (Å²) in [6.45, 7) is 3.40. The Hall–Kier alpha value is -3.77. The van der Waals surface area contributed by atoms with Gasteiger partial charge in [0.1, 0.15) is 0 Å². The largest absolute Gasteiger partial charge is 0.451 e. The van der Waals surface area contributed by atoms with Gasteiger partial charge >= 0.3 is 5.97 Å². The van der Waals surface area contributed by atoms with Crippen LogP contribution in [0.15, 0.2) is 66.7 Å². The quantitative estimate of drug-likeness (QED) is 0.316. The monoisotopic (exact) mass is 447 g/mol. The number of nitrogens with zero attached hydrogens (tertiary/aromatic N) is 1. The van der Waals surface area contributed by atoms with E-state index >= 15 is 0 Å². The first kappa shape index (κ1) is 21.5. The van der Waals surface area contributed by atoms with Crippen LogP contribution >= 0.6 is 11.6 Å². The number of imide groups is 1. The van der Waals surface area contributed by atoms with Crippen molar-refractivity contribution in [3.8, 4) is 0 Å². The van der Waals surface area contributed by atoms with Crippen LogP contribution in [-0.4, -0.2) is 29.7 Å². The average molecular weight is 448 g/mol. The third-order valence-corrected chi connectivity index (χ3v) is 5.45. The Bertz CT molecular complexity index is 1250. The van der Waals surface area contributed by atoms with E-state index in [1.165, 1.54) is 25.1 Å². The minimum Gasteiger partial charge on any atom is -0.451 e. The van der Waals surface area contributed by atoms with Crippen molar-refractivity contribution in [3.05, 3.63) is 99.6 Å². The lowest BCUT2D eigenvalue weighted by molar-refractivity contribution is 0.0318. The number of carbonyl (C=O) groups excluding carboxylic acids is 4. The number of ketones is 1. The van der Waals surface area contributed by atoms with E-state index in [0.717, 1.165) is 10.5 Å². The molecule has 0 bridgehead atoms. The van der Waals surface area contributed by atoms with Crippen LogP contribution in [0.25, 0.3) is 0 Å². The summed E-state index contributed by atoms with van der Waals surface area (Å²) in [6.07, 6.45) is -1.01. The van der Waals surface area contributed by atoms with E-state index in [1.807, 2.05) is 6.92 Å². The molecule has 0 spiro atoms. The highest BCUT2D eigenvalue weighted by Gasteiger charge is 2.37. The van der Waals surface area contributed by atoms with Gasteiger partial charge in [0.15, 0.2) is 6.10 Å². The van der Waals surface area contributed by atoms with Crippen molar-refractivity contribution in [2.75, 3.05) is 4.90 Å². The van der Waals surface area contributed by atoms with Gasteiger partial charge in [0.25, 0.3) is 11.8 Å². The maximum atomic E-state index is 12.9. The predicted molar refractivity (Wildman–Crippen MR) is 119 cm³/mol. The smallest absolute Gasteiger partial charge is 0.338 e. The van der Waals surface area contributed by atoms with E-state index in [1.54, 1.807) is 48.5 Å². The first-order valence-electron chi connectivity index (χ1n) is 9.86. The summed E-state index contributed by atoms with van der Waals surface area (Å²) >= 11 is 5.88. The van der Waals surface area contributed by atoms with Crippen molar-refractivity contribution in [3.63, 3.8) is 0 Å². The van der Waals surface area contributed by atoms with Crippen LogP contribution < -0.4 is 4.90 Å². The lowest BCUT2D eigenvalue weighted by Crippen LogP contribution is -2.29. The summed E-state index contributed by atoms with van der Waals surface area (Å²) in [4.78, 5) is 51.8. The van der Waals surface area contributed by atoms with Gasteiger partial charge in [-0.2, -0.15) is 0 Å². The summed E-state index contributed by atoms with van der Waals surface area (Å²) in [7, 11) is 0. The Morgan fingerprint density at radius 1 is 0.844 bits per heavy atom. The van der Waals surface area contributed by atoms with Crippen molar-refractivity contribution < 1.29 is 23.9 Å². The molecule has 32 heavy (non-hydrogen) atoms. The molecule has 1 unspecified atom stereocenters. The van der Waals surface area contributed by atoms with Crippen molar-refractivity contribution in [1.82, 2.24) is 0 Å². The molecule has 0 saturated carbocycles. The van der Waals surface area contributed by atoms with E-state index in [9.17, 15) is 19.2 Å². The fourth-order valence-corrected chi connectivity index (χ4v) is 3.55. The molecule has 3 aromatic carbocycles. The van der Waals surface area contributed by atoms with Crippen LogP contribution in [0.1, 0.15) is 53.9 Å². The van der Waals surface area contributed by atoms with Crippen LogP contribution in [0.3, 0.4) is 0 Å². The van der Waals surface area contributed by atoms with Crippen molar-refractivity contribution >= 4 is 40.9 Å². The number of hydrogen-bond donors (Lipinski definition) is 0. The summed E-state index contributed by atoms with van der Waals surface area (Å²) in [5.74, 6) is -2.13. The Morgan fingerprint density at radius 2 is 1.44 bits per heavy atom. The van der Waals surface area contributed by atoms with Gasteiger partial charge in [0.2, 0.25) is 5.78 Å². The normalized spacial score (nSPS) is 13.7. The molecule has 0 aromatic heterocycles. The number of anilines is 1. The minimum absolute atomic E-state index is 0.0754. The second-order valence-corrected chi connectivity index (χ2v) is 7.90. The van der Waals surface area contributed by atoms with Gasteiger partial charge in [-0.25, -0.2) is 9.69 Å². The summed E-state index contributed by atoms with van der Waals surface area (Å²) in [6, 6.07) is 17.4. The van der Waals surface area contributed by atoms with Gasteiger partial charge in [0.05, 0.1) is 22.4 Å². The zero-order valence-electron chi connectivity index (χ0n) is 17.3. The zero-order chi connectivity index (χ0) is 23.0. The van der Waals surface area contributed by atoms with Crippen LogP contribution in [0, 0.1) is 6.92 Å². The number of carbonyl (C=O) groups is 4. The molecule has 2 amide bonds. The molecule has 6 nitrogen and oxygen atoms in total. The maximum absolute atomic E-state index is 12.9.